The monoisotopic (exact) mass is 392 g/mol. The van der Waals surface area contributed by atoms with E-state index >= 15 is 0 Å². The molecule has 0 spiro atoms. The third kappa shape index (κ3) is 4.24. The lowest BCUT2D eigenvalue weighted by atomic mass is 10.1. The minimum absolute atomic E-state index is 0.0729. The van der Waals surface area contributed by atoms with Crippen LogP contribution in [0, 0.1) is 20.8 Å². The number of alkyl halides is 3. The molecule has 0 bridgehead atoms. The summed E-state index contributed by atoms with van der Waals surface area (Å²) < 4.78 is 45.4. The van der Waals surface area contributed by atoms with Crippen molar-refractivity contribution in [1.29, 1.82) is 0 Å². The minimum Gasteiger partial charge on any atom is -0.483 e. The average Bonchev–Trinajstić information content (AvgIpc) is 3.00. The molecule has 0 saturated heterocycles. The number of aromatic nitrogens is 3. The second-order valence-electron chi connectivity index (χ2n) is 6.55. The normalized spacial score (nSPS) is 11.6. The molecule has 0 aliphatic rings. The van der Waals surface area contributed by atoms with Crippen LogP contribution in [0.4, 0.5) is 13.2 Å². The summed E-state index contributed by atoms with van der Waals surface area (Å²) in [5.74, 6) is 0.420. The average molecular weight is 392 g/mol. The predicted molar refractivity (Wildman–Crippen MR) is 96.0 cm³/mol. The minimum atomic E-state index is -4.48. The molecule has 2 aromatic heterocycles. The SMILES string of the molecule is Cc1cc(C)c(OCC(=O)NCc2nnc3ccc(C(F)(F)F)cn23)c(C)c1. The first-order valence-electron chi connectivity index (χ1n) is 8.53. The molecule has 1 aromatic carbocycles. The van der Waals surface area contributed by atoms with Crippen LogP contribution in [0.15, 0.2) is 30.5 Å². The Hall–Kier alpha value is -3.10. The van der Waals surface area contributed by atoms with Gasteiger partial charge in [-0.05, 0) is 44.0 Å². The van der Waals surface area contributed by atoms with Gasteiger partial charge in [-0.25, -0.2) is 0 Å². The first kappa shape index (κ1) is 19.7. The molecule has 148 valence electrons. The zero-order valence-corrected chi connectivity index (χ0v) is 15.6. The van der Waals surface area contributed by atoms with Gasteiger partial charge in [-0.15, -0.1) is 10.2 Å². The molecular formula is C19H19F3N4O2. The van der Waals surface area contributed by atoms with E-state index in [1.807, 2.05) is 32.9 Å². The van der Waals surface area contributed by atoms with E-state index in [9.17, 15) is 18.0 Å². The summed E-state index contributed by atoms with van der Waals surface area (Å²) in [7, 11) is 0. The Morgan fingerprint density at radius 1 is 1.14 bits per heavy atom. The van der Waals surface area contributed by atoms with Crippen LogP contribution in [-0.2, 0) is 17.5 Å². The lowest BCUT2D eigenvalue weighted by Gasteiger charge is -2.13. The molecule has 0 fully saturated rings. The van der Waals surface area contributed by atoms with Gasteiger partial charge in [0.1, 0.15) is 5.75 Å². The van der Waals surface area contributed by atoms with E-state index in [2.05, 4.69) is 15.5 Å². The van der Waals surface area contributed by atoms with Crippen molar-refractivity contribution in [3.63, 3.8) is 0 Å². The number of pyridine rings is 1. The number of fused-ring (bicyclic) bond motifs is 1. The van der Waals surface area contributed by atoms with Crippen molar-refractivity contribution in [2.75, 3.05) is 6.61 Å². The number of aryl methyl sites for hydroxylation is 3. The fraction of sp³-hybridized carbons (Fsp3) is 0.316. The van der Waals surface area contributed by atoms with Crippen LogP contribution >= 0.6 is 0 Å². The summed E-state index contributed by atoms with van der Waals surface area (Å²) in [4.78, 5) is 12.1. The second kappa shape index (κ2) is 7.49. The van der Waals surface area contributed by atoms with E-state index in [1.165, 1.54) is 10.5 Å². The van der Waals surface area contributed by atoms with Gasteiger partial charge in [0.2, 0.25) is 0 Å². The quantitative estimate of drug-likeness (QED) is 0.723. The number of benzene rings is 1. The van der Waals surface area contributed by atoms with Gasteiger partial charge in [0.15, 0.2) is 18.1 Å². The molecule has 0 unspecified atom stereocenters. The maximum absolute atomic E-state index is 12.9. The van der Waals surface area contributed by atoms with Crippen LogP contribution in [0.25, 0.3) is 5.65 Å². The lowest BCUT2D eigenvalue weighted by molar-refractivity contribution is -0.137. The number of amides is 1. The summed E-state index contributed by atoms with van der Waals surface area (Å²) in [6.07, 6.45) is -3.57. The summed E-state index contributed by atoms with van der Waals surface area (Å²) in [6.45, 7) is 5.48. The van der Waals surface area contributed by atoms with Gasteiger partial charge in [-0.2, -0.15) is 13.2 Å². The standard InChI is InChI=1S/C19H19F3N4O2/c1-11-6-12(2)18(13(3)7-11)28-10-17(27)23-8-16-25-24-15-5-4-14(9-26(15)16)19(20,21)22/h4-7,9H,8,10H2,1-3H3,(H,23,27). The van der Waals surface area contributed by atoms with Crippen LogP contribution in [-0.4, -0.2) is 27.1 Å². The van der Waals surface area contributed by atoms with Gasteiger partial charge < -0.3 is 10.1 Å². The highest BCUT2D eigenvalue weighted by Gasteiger charge is 2.31. The first-order valence-corrected chi connectivity index (χ1v) is 8.53. The van der Waals surface area contributed by atoms with Gasteiger partial charge >= 0.3 is 6.18 Å². The number of ether oxygens (including phenoxy) is 1. The molecule has 0 atom stereocenters. The Kier molecular flexibility index (Phi) is 5.26. The highest BCUT2D eigenvalue weighted by atomic mass is 19.4. The number of carbonyl (C=O) groups excluding carboxylic acids is 1. The number of halogens is 3. The zero-order valence-electron chi connectivity index (χ0n) is 15.6. The largest absolute Gasteiger partial charge is 0.483 e. The van der Waals surface area contributed by atoms with E-state index in [0.717, 1.165) is 29.0 Å². The van der Waals surface area contributed by atoms with Crippen molar-refractivity contribution in [3.8, 4) is 5.75 Å². The fourth-order valence-corrected chi connectivity index (χ4v) is 2.99. The van der Waals surface area contributed by atoms with Gasteiger partial charge in [-0.3, -0.25) is 9.20 Å². The Morgan fingerprint density at radius 3 is 2.46 bits per heavy atom. The highest BCUT2D eigenvalue weighted by molar-refractivity contribution is 5.77. The van der Waals surface area contributed by atoms with Crippen molar-refractivity contribution in [2.45, 2.75) is 33.5 Å². The molecule has 9 heteroatoms. The molecule has 2 heterocycles. The number of hydrogen-bond acceptors (Lipinski definition) is 4. The van der Waals surface area contributed by atoms with E-state index in [4.69, 9.17) is 4.74 Å². The van der Waals surface area contributed by atoms with Gasteiger partial charge in [0, 0.05) is 6.20 Å². The maximum atomic E-state index is 12.9. The Bertz CT molecular complexity index is 1000. The molecule has 0 saturated carbocycles. The molecule has 1 amide bonds. The summed E-state index contributed by atoms with van der Waals surface area (Å²) in [5.41, 5.74) is 2.39. The van der Waals surface area contributed by atoms with Gasteiger partial charge in [0.25, 0.3) is 5.91 Å². The summed E-state index contributed by atoms with van der Waals surface area (Å²) in [6, 6.07) is 6.08. The van der Waals surface area contributed by atoms with Crippen LogP contribution in [0.3, 0.4) is 0 Å². The molecule has 0 aliphatic heterocycles. The van der Waals surface area contributed by atoms with Crippen LogP contribution < -0.4 is 10.1 Å². The molecule has 6 nitrogen and oxygen atoms in total. The van der Waals surface area contributed by atoms with Crippen molar-refractivity contribution in [1.82, 2.24) is 19.9 Å². The van der Waals surface area contributed by atoms with Crippen molar-refractivity contribution in [3.05, 3.63) is 58.5 Å². The Morgan fingerprint density at radius 2 is 1.82 bits per heavy atom. The summed E-state index contributed by atoms with van der Waals surface area (Å²) >= 11 is 0. The third-order valence-corrected chi connectivity index (χ3v) is 4.20. The van der Waals surface area contributed by atoms with Crippen molar-refractivity contribution in [2.24, 2.45) is 0 Å². The molecule has 0 aliphatic carbocycles. The molecule has 1 N–H and O–H groups in total. The molecular weight excluding hydrogens is 373 g/mol. The first-order chi connectivity index (χ1) is 13.1. The number of nitrogens with one attached hydrogen (secondary N) is 1. The van der Waals surface area contributed by atoms with E-state index in [0.29, 0.717) is 5.75 Å². The Labute approximate surface area is 159 Å². The smallest absolute Gasteiger partial charge is 0.417 e. The topological polar surface area (TPSA) is 68.5 Å². The Balaban J connectivity index is 1.65. The van der Waals surface area contributed by atoms with Crippen LogP contribution in [0.2, 0.25) is 0 Å². The van der Waals surface area contributed by atoms with Crippen molar-refractivity contribution >= 4 is 11.6 Å². The van der Waals surface area contributed by atoms with Crippen LogP contribution in [0.1, 0.15) is 28.1 Å². The molecule has 3 aromatic rings. The number of carbonyl (C=O) groups is 1. The summed E-state index contributed by atoms with van der Waals surface area (Å²) in [5, 5.41) is 10.2. The third-order valence-electron chi connectivity index (χ3n) is 4.20. The van der Waals surface area contributed by atoms with Gasteiger partial charge in [0.05, 0.1) is 12.1 Å². The van der Waals surface area contributed by atoms with Crippen LogP contribution in [0.5, 0.6) is 5.75 Å². The van der Waals surface area contributed by atoms with E-state index in [-0.39, 0.29) is 24.6 Å². The second-order valence-corrected chi connectivity index (χ2v) is 6.55. The number of rotatable bonds is 5. The maximum Gasteiger partial charge on any atom is 0.417 e. The molecule has 28 heavy (non-hydrogen) atoms. The predicted octanol–water partition coefficient (Wildman–Crippen LogP) is 3.37. The van der Waals surface area contributed by atoms with Crippen molar-refractivity contribution < 1.29 is 22.7 Å². The molecule has 3 rings (SSSR count). The lowest BCUT2D eigenvalue weighted by Crippen LogP contribution is -2.29. The van der Waals surface area contributed by atoms with E-state index < -0.39 is 17.6 Å². The zero-order chi connectivity index (χ0) is 20.5. The number of nitrogens with zero attached hydrogens (tertiary/aromatic N) is 3. The van der Waals surface area contributed by atoms with Gasteiger partial charge in [-0.1, -0.05) is 17.7 Å². The fourth-order valence-electron chi connectivity index (χ4n) is 2.99. The van der Waals surface area contributed by atoms with E-state index in [1.54, 1.807) is 0 Å². The highest BCUT2D eigenvalue weighted by Crippen LogP contribution is 2.29. The number of hydrogen-bond donors (Lipinski definition) is 1. The molecule has 0 radical (unpaired) electrons.